The molecule has 6 nitrogen and oxygen atoms in total. The van der Waals surface area contributed by atoms with Crippen LogP contribution in [0.3, 0.4) is 0 Å². The molecule has 1 aromatic carbocycles. The fraction of sp³-hybridized carbons (Fsp3) is 0.182. The normalized spacial score (nSPS) is 14.4. The molecule has 0 bridgehead atoms. The minimum Gasteiger partial charge on any atom is -0.329 e. The number of amides is 4. The lowest BCUT2D eigenvalue weighted by atomic mass is 10.2. The maximum absolute atomic E-state index is 13.3. The summed E-state index contributed by atoms with van der Waals surface area (Å²) < 4.78 is 38.9. The summed E-state index contributed by atoms with van der Waals surface area (Å²) in [5.41, 5.74) is -0.582. The van der Waals surface area contributed by atoms with Crippen LogP contribution in [0.5, 0.6) is 0 Å². The first-order chi connectivity index (χ1) is 9.40. The number of carbonyl (C=O) groups excluding carboxylic acids is 3. The van der Waals surface area contributed by atoms with Crippen LogP contribution in [-0.2, 0) is 9.59 Å². The van der Waals surface area contributed by atoms with E-state index >= 15 is 0 Å². The smallest absolute Gasteiger partial charge is 0.325 e. The first-order valence-corrected chi connectivity index (χ1v) is 5.41. The van der Waals surface area contributed by atoms with E-state index in [-0.39, 0.29) is 6.54 Å². The zero-order chi connectivity index (χ0) is 14.9. The zero-order valence-corrected chi connectivity index (χ0v) is 9.87. The summed E-state index contributed by atoms with van der Waals surface area (Å²) in [6.45, 7) is -0.880. The molecule has 0 atom stereocenters. The molecule has 0 unspecified atom stereocenters. The highest BCUT2D eigenvalue weighted by atomic mass is 19.2. The molecule has 0 radical (unpaired) electrons. The van der Waals surface area contributed by atoms with Crippen molar-refractivity contribution in [2.45, 2.75) is 0 Å². The Hall–Kier alpha value is -2.58. The highest BCUT2D eigenvalue weighted by Crippen LogP contribution is 2.19. The highest BCUT2D eigenvalue weighted by Gasteiger charge is 2.30. The molecule has 106 valence electrons. The molecule has 0 aromatic heterocycles. The van der Waals surface area contributed by atoms with Crippen molar-refractivity contribution in [1.29, 1.82) is 0 Å². The summed E-state index contributed by atoms with van der Waals surface area (Å²) in [7, 11) is 0. The molecular weight excluding hydrogens is 279 g/mol. The number of imide groups is 1. The van der Waals surface area contributed by atoms with E-state index in [0.717, 1.165) is 6.07 Å². The molecule has 0 spiro atoms. The predicted molar refractivity (Wildman–Crippen MR) is 60.1 cm³/mol. The van der Waals surface area contributed by atoms with E-state index < -0.39 is 47.5 Å². The molecule has 1 aliphatic heterocycles. The Morgan fingerprint density at radius 2 is 1.95 bits per heavy atom. The van der Waals surface area contributed by atoms with E-state index in [1.807, 2.05) is 5.32 Å². The van der Waals surface area contributed by atoms with Gasteiger partial charge < -0.3 is 10.6 Å². The molecule has 1 fully saturated rings. The molecule has 1 heterocycles. The third-order valence-corrected chi connectivity index (χ3v) is 2.55. The number of carbonyl (C=O) groups is 3. The summed E-state index contributed by atoms with van der Waals surface area (Å²) in [6.07, 6.45) is 0. The number of rotatable bonds is 3. The molecule has 2 rings (SSSR count). The summed E-state index contributed by atoms with van der Waals surface area (Å²) in [4.78, 5) is 34.5. The Morgan fingerprint density at radius 1 is 1.25 bits per heavy atom. The molecule has 1 aromatic rings. The van der Waals surface area contributed by atoms with Gasteiger partial charge in [0, 0.05) is 0 Å². The average Bonchev–Trinajstić information content (AvgIpc) is 2.71. The van der Waals surface area contributed by atoms with Crippen LogP contribution in [0.1, 0.15) is 0 Å². The van der Waals surface area contributed by atoms with Crippen molar-refractivity contribution in [2.75, 3.05) is 18.4 Å². The second kappa shape index (κ2) is 5.19. The Bertz CT molecular complexity index is 590. The summed E-state index contributed by atoms with van der Waals surface area (Å²) in [5, 5.41) is 4.14. The number of nitrogens with zero attached hydrogens (tertiary/aromatic N) is 1. The van der Waals surface area contributed by atoms with Crippen molar-refractivity contribution >= 4 is 23.5 Å². The van der Waals surface area contributed by atoms with Crippen LogP contribution < -0.4 is 10.6 Å². The first kappa shape index (κ1) is 13.8. The van der Waals surface area contributed by atoms with Gasteiger partial charge in [-0.15, -0.1) is 0 Å². The standard InChI is InChI=1S/C11H8F3N3O3/c12-5-1-2-6(10(14)9(5)13)16-7(18)4-17-8(19)3-15-11(17)20/h1-2H,3-4H2,(H,15,20)(H,16,18). The molecule has 0 saturated carbocycles. The Labute approximate surface area is 110 Å². The fourth-order valence-electron chi connectivity index (χ4n) is 1.57. The minimum atomic E-state index is -1.72. The quantitative estimate of drug-likeness (QED) is 0.631. The Balaban J connectivity index is 2.07. The van der Waals surface area contributed by atoms with Crippen LogP contribution in [-0.4, -0.2) is 35.8 Å². The van der Waals surface area contributed by atoms with Crippen molar-refractivity contribution < 1.29 is 27.6 Å². The molecule has 1 aliphatic rings. The molecular formula is C11H8F3N3O3. The van der Waals surface area contributed by atoms with Gasteiger partial charge in [0.25, 0.3) is 5.91 Å². The third-order valence-electron chi connectivity index (χ3n) is 2.55. The van der Waals surface area contributed by atoms with Crippen LogP contribution in [0.2, 0.25) is 0 Å². The van der Waals surface area contributed by atoms with Gasteiger partial charge in [-0.2, -0.15) is 0 Å². The van der Waals surface area contributed by atoms with Crippen molar-refractivity contribution in [3.63, 3.8) is 0 Å². The molecule has 1 saturated heterocycles. The van der Waals surface area contributed by atoms with Gasteiger partial charge in [0.1, 0.15) is 6.54 Å². The largest absolute Gasteiger partial charge is 0.329 e. The SMILES string of the molecule is O=C(CN1C(=O)CNC1=O)Nc1ccc(F)c(F)c1F. The lowest BCUT2D eigenvalue weighted by Crippen LogP contribution is -2.38. The second-order valence-corrected chi connectivity index (χ2v) is 3.91. The van der Waals surface area contributed by atoms with Gasteiger partial charge in [-0.1, -0.05) is 0 Å². The number of urea groups is 1. The van der Waals surface area contributed by atoms with Gasteiger partial charge in [0.05, 0.1) is 12.2 Å². The van der Waals surface area contributed by atoms with Crippen LogP contribution in [0, 0.1) is 17.5 Å². The van der Waals surface area contributed by atoms with Crippen LogP contribution in [0.15, 0.2) is 12.1 Å². The van der Waals surface area contributed by atoms with Gasteiger partial charge in [-0.3, -0.25) is 14.5 Å². The van der Waals surface area contributed by atoms with Gasteiger partial charge in [-0.25, -0.2) is 18.0 Å². The van der Waals surface area contributed by atoms with Crippen LogP contribution in [0.25, 0.3) is 0 Å². The number of hydrogen-bond donors (Lipinski definition) is 2. The topological polar surface area (TPSA) is 78.5 Å². The van der Waals surface area contributed by atoms with E-state index in [9.17, 15) is 27.6 Å². The van der Waals surface area contributed by atoms with Crippen LogP contribution >= 0.6 is 0 Å². The number of nitrogens with one attached hydrogen (secondary N) is 2. The summed E-state index contributed by atoms with van der Waals surface area (Å²) in [5.74, 6) is -6.21. The fourth-order valence-corrected chi connectivity index (χ4v) is 1.57. The molecule has 2 N–H and O–H groups in total. The van der Waals surface area contributed by atoms with E-state index in [2.05, 4.69) is 5.32 Å². The van der Waals surface area contributed by atoms with E-state index in [4.69, 9.17) is 0 Å². The van der Waals surface area contributed by atoms with Gasteiger partial charge in [0.2, 0.25) is 5.91 Å². The maximum Gasteiger partial charge on any atom is 0.325 e. The lowest BCUT2D eigenvalue weighted by molar-refractivity contribution is -0.128. The third kappa shape index (κ3) is 2.56. The summed E-state index contributed by atoms with van der Waals surface area (Å²) >= 11 is 0. The van der Waals surface area contributed by atoms with Gasteiger partial charge in [0.15, 0.2) is 17.5 Å². The number of hydrogen-bond acceptors (Lipinski definition) is 3. The van der Waals surface area contributed by atoms with Crippen molar-refractivity contribution in [2.24, 2.45) is 0 Å². The summed E-state index contributed by atoms with van der Waals surface area (Å²) in [6, 6.07) is 0.718. The number of anilines is 1. The maximum atomic E-state index is 13.3. The molecule has 0 aliphatic carbocycles. The predicted octanol–water partition coefficient (Wildman–Crippen LogP) is 0.594. The molecule has 9 heteroatoms. The number of benzene rings is 1. The highest BCUT2D eigenvalue weighted by molar-refractivity contribution is 6.06. The van der Waals surface area contributed by atoms with Crippen molar-refractivity contribution in [3.05, 3.63) is 29.6 Å². The molecule has 20 heavy (non-hydrogen) atoms. The monoisotopic (exact) mass is 287 g/mol. The second-order valence-electron chi connectivity index (χ2n) is 3.91. The average molecular weight is 287 g/mol. The van der Waals surface area contributed by atoms with E-state index in [1.54, 1.807) is 0 Å². The first-order valence-electron chi connectivity index (χ1n) is 5.41. The Morgan fingerprint density at radius 3 is 2.55 bits per heavy atom. The van der Waals surface area contributed by atoms with E-state index in [0.29, 0.717) is 11.0 Å². The van der Waals surface area contributed by atoms with Crippen molar-refractivity contribution in [1.82, 2.24) is 10.2 Å². The zero-order valence-electron chi connectivity index (χ0n) is 9.87. The van der Waals surface area contributed by atoms with Crippen LogP contribution in [0.4, 0.5) is 23.7 Å². The minimum absolute atomic E-state index is 0.231. The van der Waals surface area contributed by atoms with Gasteiger partial charge in [-0.05, 0) is 12.1 Å². The number of halogens is 3. The van der Waals surface area contributed by atoms with Gasteiger partial charge >= 0.3 is 6.03 Å². The lowest BCUT2D eigenvalue weighted by Gasteiger charge is -2.12. The molecule has 4 amide bonds. The van der Waals surface area contributed by atoms with E-state index in [1.165, 1.54) is 0 Å². The Kier molecular flexibility index (Phi) is 3.59. The van der Waals surface area contributed by atoms with Crippen molar-refractivity contribution in [3.8, 4) is 0 Å².